The van der Waals surface area contributed by atoms with E-state index >= 15 is 0 Å². The number of hydrogen-bond donors (Lipinski definition) is 1. The zero-order valence-corrected chi connectivity index (χ0v) is 8.70. The first kappa shape index (κ1) is 10.5. The van der Waals surface area contributed by atoms with Gasteiger partial charge in [0, 0.05) is 0 Å². The van der Waals surface area contributed by atoms with Crippen LogP contribution >= 0.6 is 0 Å². The Hall–Kier alpha value is -1.63. The second kappa shape index (κ2) is 4.05. The van der Waals surface area contributed by atoms with Crippen LogP contribution < -0.4 is 5.73 Å². The van der Waals surface area contributed by atoms with Crippen LogP contribution in [0.1, 0.15) is 43.6 Å². The molecule has 4 nitrogen and oxygen atoms in total. The topological polar surface area (TPSA) is 75.6 Å². The van der Waals surface area contributed by atoms with Gasteiger partial charge in [-0.05, 0) is 12.3 Å². The largest absolute Gasteiger partial charge is 0.368 e. The minimum atomic E-state index is 0.195. The Morgan fingerprint density at radius 1 is 1.43 bits per heavy atom. The van der Waals surface area contributed by atoms with Crippen molar-refractivity contribution in [3.63, 3.8) is 0 Å². The van der Waals surface area contributed by atoms with Crippen LogP contribution in [0.4, 0.5) is 5.95 Å². The maximum atomic E-state index is 9.00. The number of nitrogen functional groups attached to an aromatic ring is 1. The minimum absolute atomic E-state index is 0.195. The van der Waals surface area contributed by atoms with Gasteiger partial charge in [-0.25, -0.2) is 9.97 Å². The van der Waals surface area contributed by atoms with E-state index < -0.39 is 0 Å². The summed E-state index contributed by atoms with van der Waals surface area (Å²) in [6.07, 6.45) is 0.704. The number of aryl methyl sites for hydroxylation is 1. The quantitative estimate of drug-likeness (QED) is 0.768. The van der Waals surface area contributed by atoms with Gasteiger partial charge >= 0.3 is 0 Å². The van der Waals surface area contributed by atoms with Crippen molar-refractivity contribution in [1.29, 1.82) is 5.26 Å². The Balaban J connectivity index is 3.41. The minimum Gasteiger partial charge on any atom is -0.368 e. The second-order valence-electron chi connectivity index (χ2n) is 3.41. The molecule has 4 heteroatoms. The van der Waals surface area contributed by atoms with Crippen molar-refractivity contribution in [2.75, 3.05) is 5.73 Å². The van der Waals surface area contributed by atoms with Crippen LogP contribution in [0.5, 0.6) is 0 Å². The average Bonchev–Trinajstić information content (AvgIpc) is 2.16. The summed E-state index contributed by atoms with van der Waals surface area (Å²) in [5.41, 5.74) is 7.63. The molecule has 0 fully saturated rings. The van der Waals surface area contributed by atoms with Crippen molar-refractivity contribution >= 4 is 5.95 Å². The summed E-state index contributed by atoms with van der Waals surface area (Å²) in [4.78, 5) is 8.15. The van der Waals surface area contributed by atoms with Crippen molar-refractivity contribution < 1.29 is 0 Å². The van der Waals surface area contributed by atoms with Gasteiger partial charge in [0.25, 0.3) is 0 Å². The third-order valence-electron chi connectivity index (χ3n) is 2.02. The van der Waals surface area contributed by atoms with Crippen molar-refractivity contribution in [3.8, 4) is 6.07 Å². The number of nitriles is 1. The first-order chi connectivity index (χ1) is 6.60. The van der Waals surface area contributed by atoms with Crippen LogP contribution in [0, 0.1) is 11.3 Å². The van der Waals surface area contributed by atoms with Gasteiger partial charge in [0.1, 0.15) is 6.07 Å². The highest BCUT2D eigenvalue weighted by Gasteiger charge is 2.14. The van der Waals surface area contributed by atoms with Gasteiger partial charge in [0.2, 0.25) is 5.95 Å². The zero-order chi connectivity index (χ0) is 10.7. The van der Waals surface area contributed by atoms with E-state index in [9.17, 15) is 0 Å². The summed E-state index contributed by atoms with van der Waals surface area (Å²) in [5, 5.41) is 9.00. The van der Waals surface area contributed by atoms with Crippen LogP contribution in [0.3, 0.4) is 0 Å². The molecule has 14 heavy (non-hydrogen) atoms. The molecular weight excluding hydrogens is 176 g/mol. The molecule has 74 valence electrons. The third kappa shape index (κ3) is 1.82. The van der Waals surface area contributed by atoms with Gasteiger partial charge in [0.05, 0.1) is 17.0 Å². The van der Waals surface area contributed by atoms with Crippen LogP contribution in [0.25, 0.3) is 0 Å². The Bertz CT molecular complexity index is 376. The van der Waals surface area contributed by atoms with Crippen molar-refractivity contribution in [2.45, 2.75) is 33.1 Å². The molecule has 0 unspecified atom stereocenters. The summed E-state index contributed by atoms with van der Waals surface area (Å²) in [6.45, 7) is 5.93. The molecule has 1 heterocycles. The van der Waals surface area contributed by atoms with Gasteiger partial charge in [-0.1, -0.05) is 20.8 Å². The van der Waals surface area contributed by atoms with E-state index in [0.717, 1.165) is 11.4 Å². The van der Waals surface area contributed by atoms with Crippen molar-refractivity contribution in [2.24, 2.45) is 0 Å². The standard InChI is InChI=1S/C10H14N4/c1-4-8-7(5-11)9(6(2)3)14-10(12)13-8/h6H,4H2,1-3H3,(H2,12,13,14). The van der Waals surface area contributed by atoms with Gasteiger partial charge in [0.15, 0.2) is 0 Å². The van der Waals surface area contributed by atoms with Crippen LogP contribution in [-0.4, -0.2) is 9.97 Å². The van der Waals surface area contributed by atoms with Crippen molar-refractivity contribution in [1.82, 2.24) is 9.97 Å². The predicted molar refractivity (Wildman–Crippen MR) is 54.6 cm³/mol. The molecular formula is C10H14N4. The van der Waals surface area contributed by atoms with Crippen LogP contribution in [0.2, 0.25) is 0 Å². The van der Waals surface area contributed by atoms with Gasteiger partial charge in [-0.15, -0.1) is 0 Å². The Morgan fingerprint density at radius 2 is 2.07 bits per heavy atom. The lowest BCUT2D eigenvalue weighted by atomic mass is 10.0. The molecule has 0 saturated heterocycles. The van der Waals surface area contributed by atoms with Crippen LogP contribution in [0.15, 0.2) is 0 Å². The molecule has 1 rings (SSSR count). The Kier molecular flexibility index (Phi) is 3.03. The molecule has 0 spiro atoms. The molecule has 1 aromatic rings. The molecule has 1 aromatic heterocycles. The van der Waals surface area contributed by atoms with E-state index in [1.807, 2.05) is 20.8 Å². The highest BCUT2D eigenvalue weighted by atomic mass is 15.0. The number of nitrogens with zero attached hydrogens (tertiary/aromatic N) is 3. The van der Waals surface area contributed by atoms with E-state index in [-0.39, 0.29) is 11.9 Å². The fraction of sp³-hybridized carbons (Fsp3) is 0.500. The lowest BCUT2D eigenvalue weighted by molar-refractivity contribution is 0.801. The van der Waals surface area contributed by atoms with Gasteiger partial charge < -0.3 is 5.73 Å². The van der Waals surface area contributed by atoms with E-state index in [1.165, 1.54) is 0 Å². The monoisotopic (exact) mass is 190 g/mol. The number of aromatic nitrogens is 2. The third-order valence-corrected chi connectivity index (χ3v) is 2.02. The Labute approximate surface area is 83.8 Å². The zero-order valence-electron chi connectivity index (χ0n) is 8.70. The predicted octanol–water partition coefficient (Wildman–Crippen LogP) is 1.62. The number of rotatable bonds is 2. The molecule has 0 amide bonds. The molecule has 0 atom stereocenters. The average molecular weight is 190 g/mol. The van der Waals surface area contributed by atoms with E-state index in [1.54, 1.807) is 0 Å². The van der Waals surface area contributed by atoms with E-state index in [0.29, 0.717) is 12.0 Å². The van der Waals surface area contributed by atoms with Gasteiger partial charge in [-0.3, -0.25) is 0 Å². The summed E-state index contributed by atoms with van der Waals surface area (Å²) < 4.78 is 0. The SMILES string of the molecule is CCc1nc(N)nc(C(C)C)c1C#N. The highest BCUT2D eigenvalue weighted by molar-refractivity contribution is 5.42. The lowest BCUT2D eigenvalue weighted by Gasteiger charge is -2.10. The molecule has 0 aromatic carbocycles. The maximum absolute atomic E-state index is 9.00. The first-order valence-corrected chi connectivity index (χ1v) is 4.66. The summed E-state index contributed by atoms with van der Waals surface area (Å²) in [7, 11) is 0. The van der Waals surface area contributed by atoms with Crippen LogP contribution in [-0.2, 0) is 6.42 Å². The molecule has 0 radical (unpaired) electrons. The number of hydrogen-bond acceptors (Lipinski definition) is 4. The fourth-order valence-electron chi connectivity index (χ4n) is 1.34. The second-order valence-corrected chi connectivity index (χ2v) is 3.41. The van der Waals surface area contributed by atoms with E-state index in [2.05, 4.69) is 16.0 Å². The molecule has 0 aliphatic heterocycles. The summed E-state index contributed by atoms with van der Waals surface area (Å²) in [6, 6.07) is 2.14. The summed E-state index contributed by atoms with van der Waals surface area (Å²) >= 11 is 0. The molecule has 0 aliphatic carbocycles. The summed E-state index contributed by atoms with van der Waals surface area (Å²) in [5.74, 6) is 0.449. The number of nitrogens with two attached hydrogens (primary N) is 1. The molecule has 0 aliphatic rings. The first-order valence-electron chi connectivity index (χ1n) is 4.66. The smallest absolute Gasteiger partial charge is 0.220 e. The maximum Gasteiger partial charge on any atom is 0.220 e. The highest BCUT2D eigenvalue weighted by Crippen LogP contribution is 2.20. The van der Waals surface area contributed by atoms with E-state index in [4.69, 9.17) is 11.0 Å². The molecule has 0 bridgehead atoms. The molecule has 2 N–H and O–H groups in total. The van der Waals surface area contributed by atoms with Crippen molar-refractivity contribution in [3.05, 3.63) is 17.0 Å². The lowest BCUT2D eigenvalue weighted by Crippen LogP contribution is -2.08. The Morgan fingerprint density at radius 3 is 2.50 bits per heavy atom. The van der Waals surface area contributed by atoms with Gasteiger partial charge in [-0.2, -0.15) is 5.26 Å². The number of anilines is 1. The molecule has 0 saturated carbocycles. The fourth-order valence-corrected chi connectivity index (χ4v) is 1.34. The normalized spacial score (nSPS) is 10.2.